The van der Waals surface area contributed by atoms with Gasteiger partial charge < -0.3 is 17.0 Å². The van der Waals surface area contributed by atoms with E-state index in [4.69, 9.17) is 0 Å². The molecule has 0 bridgehead atoms. The number of hydrogen-bond donors (Lipinski definition) is 0. The molecule has 0 saturated carbocycles. The number of benzene rings is 1. The molecule has 0 fully saturated rings. The first kappa shape index (κ1) is 10.9. The summed E-state index contributed by atoms with van der Waals surface area (Å²) >= 11 is 2.13. The fourth-order valence-corrected chi connectivity index (χ4v) is 2.58. The van der Waals surface area contributed by atoms with Gasteiger partial charge in [-0.25, -0.2) is 0 Å². The molecule has 0 spiro atoms. The van der Waals surface area contributed by atoms with Crippen molar-refractivity contribution in [1.82, 2.24) is 0 Å². The van der Waals surface area contributed by atoms with Crippen LogP contribution in [0, 0.1) is 5.82 Å². The van der Waals surface area contributed by atoms with E-state index in [1.165, 1.54) is 6.07 Å². The van der Waals surface area contributed by atoms with Crippen LogP contribution < -0.4 is 21.4 Å². The quantitative estimate of drug-likeness (QED) is 0.488. The second-order valence-electron chi connectivity index (χ2n) is 1.57. The maximum Gasteiger partial charge on any atom is -1.00 e. The van der Waals surface area contributed by atoms with Crippen molar-refractivity contribution < 1.29 is 21.4 Å². The molecule has 0 aliphatic heterocycles. The average Bonchev–Trinajstić information content (AvgIpc) is 1.89. The van der Waals surface area contributed by atoms with Gasteiger partial charge in [-0.05, 0) is 0 Å². The topological polar surface area (TPSA) is 0 Å². The maximum absolute atomic E-state index is 12.6. The molecule has 1 rings (SSSR count). The van der Waals surface area contributed by atoms with E-state index in [9.17, 15) is 4.39 Å². The first-order valence-corrected chi connectivity index (χ1v) is 7.58. The zero-order valence-electron chi connectivity index (χ0n) is 5.18. The molecule has 0 atom stereocenters. The summed E-state index contributed by atoms with van der Waals surface area (Å²) < 4.78 is 13.5. The second-order valence-corrected chi connectivity index (χ2v) is 4.60. The molecule has 0 aliphatic rings. The summed E-state index contributed by atoms with van der Waals surface area (Å²) in [6, 6.07) is 6.93. The van der Waals surface area contributed by atoms with Gasteiger partial charge in [-0.3, -0.25) is 0 Å². The molecule has 0 unspecified atom stereocenters. The van der Waals surface area contributed by atoms with Gasteiger partial charge in [-0.2, -0.15) is 0 Å². The Morgan fingerprint density at radius 3 is 2.30 bits per heavy atom. The molecule has 1 aromatic carbocycles. The van der Waals surface area contributed by atoms with Gasteiger partial charge in [0, 0.05) is 0 Å². The van der Waals surface area contributed by atoms with Crippen molar-refractivity contribution in [2.24, 2.45) is 0 Å². The zero-order valence-corrected chi connectivity index (χ0v) is 9.89. The predicted octanol–water partition coefficient (Wildman–Crippen LogP) is -2.76. The van der Waals surface area contributed by atoms with Crippen LogP contribution in [-0.4, -0.2) is 31.4 Å². The molecule has 0 saturated heterocycles. The molecule has 50 valence electrons. The molecule has 1 aromatic rings. The van der Waals surface area contributed by atoms with Crippen molar-refractivity contribution in [3.63, 3.8) is 0 Å². The largest absolute Gasteiger partial charge is 1.00 e. The molecule has 0 amide bonds. The molecule has 0 nitrogen and oxygen atoms in total. The summed E-state index contributed by atoms with van der Waals surface area (Å²) in [7, 11) is 0. The van der Waals surface area contributed by atoms with Crippen LogP contribution in [0.3, 0.4) is 0 Å². The fourth-order valence-electron chi connectivity index (χ4n) is 0.562. The fraction of sp³-hybridized carbons (Fsp3) is 0. The van der Waals surface area contributed by atoms with E-state index in [0.717, 1.165) is 4.46 Å². The van der Waals surface area contributed by atoms with Crippen molar-refractivity contribution >= 4 is 35.9 Å². The molecular weight excluding hydrogens is 274 g/mol. The van der Waals surface area contributed by atoms with E-state index in [1.54, 1.807) is 6.07 Å². The minimum atomic E-state index is -0.0625. The Balaban J connectivity index is 0.000000810. The van der Waals surface area contributed by atoms with E-state index in [1.807, 2.05) is 31.6 Å². The molecule has 0 N–H and O–H groups in total. The second kappa shape index (κ2) is 5.55. The van der Waals surface area contributed by atoms with Crippen molar-refractivity contribution in [2.75, 3.05) is 0 Å². The van der Waals surface area contributed by atoms with Gasteiger partial charge in [0.25, 0.3) is 0 Å². The van der Waals surface area contributed by atoms with E-state index in [-0.39, 0.29) is 22.8 Å². The predicted molar refractivity (Wildman–Crippen MR) is 37.5 cm³/mol. The first-order valence-electron chi connectivity index (χ1n) is 2.51. The van der Waals surface area contributed by atoms with Gasteiger partial charge >= 0.3 is 70.4 Å². The zero-order chi connectivity index (χ0) is 6.69. The normalized spacial score (nSPS) is 8.70. The van der Waals surface area contributed by atoms with Crippen LogP contribution in [0.2, 0.25) is 0 Å². The van der Waals surface area contributed by atoms with Crippen LogP contribution >= 0.6 is 0 Å². The molecule has 0 radical (unpaired) electrons. The standard InChI is InChI=1S/C6H5FSe.BrH.Mg/c7-5-3-1-2-4-6(5)8;;/h1-4,8H;1H;/q;;+2/p-2. The molecule has 10 heavy (non-hydrogen) atoms. The van der Waals surface area contributed by atoms with Crippen molar-refractivity contribution in [2.45, 2.75) is 0 Å². The van der Waals surface area contributed by atoms with E-state index >= 15 is 0 Å². The first-order chi connectivity index (χ1) is 4.34. The summed E-state index contributed by atoms with van der Waals surface area (Å²) in [6.07, 6.45) is 0. The van der Waals surface area contributed by atoms with Crippen LogP contribution in [0.1, 0.15) is 0 Å². The molecule has 0 aromatic heterocycles. The Hall–Kier alpha value is 0.916. The van der Waals surface area contributed by atoms with Crippen LogP contribution in [0.4, 0.5) is 4.39 Å². The van der Waals surface area contributed by atoms with Crippen LogP contribution in [0.25, 0.3) is 0 Å². The van der Waals surface area contributed by atoms with Crippen LogP contribution in [0.15, 0.2) is 24.3 Å². The molecule has 0 aliphatic carbocycles. The SMILES string of the molecule is Fc1ccccc1[Se][Mg+].[Br-]. The Morgan fingerprint density at radius 1 is 1.30 bits per heavy atom. The summed E-state index contributed by atoms with van der Waals surface area (Å²) in [5, 5.41) is 0. The Bertz CT molecular complexity index is 207. The van der Waals surface area contributed by atoms with Crippen molar-refractivity contribution in [1.29, 1.82) is 0 Å². The number of hydrogen-bond acceptors (Lipinski definition) is 0. The third-order valence-electron chi connectivity index (χ3n) is 0.992. The van der Waals surface area contributed by atoms with Crippen molar-refractivity contribution in [3.8, 4) is 0 Å². The Labute approximate surface area is 86.7 Å². The Morgan fingerprint density at radius 2 is 1.90 bits per heavy atom. The average molecular weight is 278 g/mol. The Kier molecular flexibility index (Phi) is 6.06. The monoisotopic (exact) mass is 278 g/mol. The smallest absolute Gasteiger partial charge is 1.00 e. The minimum absolute atomic E-state index is 0. The summed E-state index contributed by atoms with van der Waals surface area (Å²) in [4.78, 5) is 0. The van der Waals surface area contributed by atoms with E-state index < -0.39 is 0 Å². The van der Waals surface area contributed by atoms with Gasteiger partial charge in [0.15, 0.2) is 0 Å². The van der Waals surface area contributed by atoms with Gasteiger partial charge in [0.05, 0.1) is 0 Å². The summed E-state index contributed by atoms with van der Waals surface area (Å²) in [5.41, 5.74) is 0. The molecule has 4 heteroatoms. The molecular formula is C6H4BrFMgSe. The van der Waals surface area contributed by atoms with Gasteiger partial charge in [0.1, 0.15) is 0 Å². The van der Waals surface area contributed by atoms with Gasteiger partial charge in [-0.15, -0.1) is 0 Å². The van der Waals surface area contributed by atoms with Gasteiger partial charge in [-0.1, -0.05) is 0 Å². The third-order valence-corrected chi connectivity index (χ3v) is 3.96. The van der Waals surface area contributed by atoms with Gasteiger partial charge in [0.2, 0.25) is 0 Å². The van der Waals surface area contributed by atoms with Crippen LogP contribution in [0.5, 0.6) is 0 Å². The third kappa shape index (κ3) is 2.88. The van der Waals surface area contributed by atoms with E-state index in [2.05, 4.69) is 0 Å². The maximum atomic E-state index is 12.6. The summed E-state index contributed by atoms with van der Waals surface area (Å²) in [6.45, 7) is 0. The minimum Gasteiger partial charge on any atom is -1.00 e. The number of rotatable bonds is 1. The van der Waals surface area contributed by atoms with E-state index in [0.29, 0.717) is 11.9 Å². The van der Waals surface area contributed by atoms with Crippen LogP contribution in [-0.2, 0) is 0 Å². The number of halogens is 2. The molecule has 0 heterocycles. The van der Waals surface area contributed by atoms with Crippen molar-refractivity contribution in [3.05, 3.63) is 30.1 Å². The summed E-state index contributed by atoms with van der Waals surface area (Å²) in [5.74, 6) is -0.0625.